The van der Waals surface area contributed by atoms with E-state index in [0.717, 1.165) is 35.1 Å². The number of unbranched alkanes of at least 4 members (excludes halogenated alkanes) is 5. The first kappa shape index (κ1) is 101. The molecule has 652 valence electrons. The van der Waals surface area contributed by atoms with Gasteiger partial charge in [0.25, 0.3) is 0 Å². The van der Waals surface area contributed by atoms with Gasteiger partial charge in [-0.15, -0.1) is 0 Å². The van der Waals surface area contributed by atoms with E-state index in [0.29, 0.717) is 51.4 Å². The lowest BCUT2D eigenvalue weighted by Crippen LogP contribution is -2.53. The van der Waals surface area contributed by atoms with Gasteiger partial charge in [-0.05, 0) is 134 Å². The molecule has 2 aromatic rings. The van der Waals surface area contributed by atoms with Gasteiger partial charge in [0.05, 0.1) is 72.7 Å². The van der Waals surface area contributed by atoms with Crippen LogP contribution in [-0.4, -0.2) is 237 Å². The van der Waals surface area contributed by atoms with Crippen LogP contribution in [0, 0.1) is 0 Å². The Hall–Kier alpha value is -9.54. The average molecular weight is 1640 g/mol. The average Bonchev–Trinajstić information content (AvgIpc) is 1.62. The van der Waals surface area contributed by atoms with E-state index in [1.54, 1.807) is 41.5 Å². The van der Waals surface area contributed by atoms with Crippen molar-refractivity contribution in [3.8, 4) is 11.1 Å². The Balaban J connectivity index is 1.68. The monoisotopic (exact) mass is 1640 g/mol. The van der Waals surface area contributed by atoms with Crippen LogP contribution in [0.3, 0.4) is 0 Å². The maximum absolute atomic E-state index is 14.2. The summed E-state index contributed by atoms with van der Waals surface area (Å²) in [4.78, 5) is 185. The second kappa shape index (κ2) is 58.3. The smallest absolute Gasteiger partial charge is 0.407 e. The highest BCUT2D eigenvalue weighted by Gasteiger charge is 2.33. The number of amides is 9. The number of fused-ring (bicyclic) bond motifs is 3. The topological polar surface area (TPSA) is 449 Å². The number of carbonyl (C=O) groups excluding carboxylic acids is 14. The number of hydrogen-bond donors (Lipinski definition) is 9. The van der Waals surface area contributed by atoms with Gasteiger partial charge in [0, 0.05) is 70.6 Å². The summed E-state index contributed by atoms with van der Waals surface area (Å²) < 4.78 is 59.9. The zero-order valence-electron chi connectivity index (χ0n) is 69.7. The first-order valence-electron chi connectivity index (χ1n) is 40.7. The summed E-state index contributed by atoms with van der Waals surface area (Å²) in [5, 5.41) is 23.7. The second-order valence-corrected chi connectivity index (χ2v) is 29.6. The van der Waals surface area contributed by atoms with Gasteiger partial charge in [0.15, 0.2) is 0 Å². The Kier molecular flexibility index (Phi) is 50.6. The number of esters is 5. The number of nitrogens with one attached hydrogen (secondary N) is 9. The van der Waals surface area contributed by atoms with Crippen molar-refractivity contribution in [1.82, 2.24) is 47.9 Å². The van der Waals surface area contributed by atoms with Gasteiger partial charge in [-0.1, -0.05) is 102 Å². The molecule has 5 atom stereocenters. The minimum atomic E-state index is -1.50. The summed E-state index contributed by atoms with van der Waals surface area (Å²) >= 11 is 0. The first-order chi connectivity index (χ1) is 55.5. The molecule has 0 fully saturated rings. The molecular formula is C82H129N9O25. The van der Waals surface area contributed by atoms with Crippen molar-refractivity contribution in [2.75, 3.05) is 112 Å². The fourth-order valence-electron chi connectivity index (χ4n) is 11.2. The fourth-order valence-corrected chi connectivity index (χ4v) is 11.2. The molecule has 1 aliphatic carbocycles. The van der Waals surface area contributed by atoms with Crippen LogP contribution < -0.4 is 47.9 Å². The Morgan fingerprint density at radius 3 is 1.22 bits per heavy atom. The van der Waals surface area contributed by atoms with E-state index < -0.39 is 151 Å². The quantitative estimate of drug-likeness (QED) is 0.0192. The molecule has 34 heteroatoms. The molecule has 5 unspecified atom stereocenters. The molecule has 0 aliphatic heterocycles. The van der Waals surface area contributed by atoms with Gasteiger partial charge >= 0.3 is 42.0 Å². The van der Waals surface area contributed by atoms with Gasteiger partial charge < -0.3 is 100.0 Å². The molecular weight excluding hydrogens is 1510 g/mol. The third kappa shape index (κ3) is 45.7. The Labute approximate surface area is 681 Å². The van der Waals surface area contributed by atoms with Crippen molar-refractivity contribution in [2.45, 2.75) is 251 Å². The van der Waals surface area contributed by atoms with Crippen LogP contribution in [0.15, 0.2) is 48.5 Å². The number of benzene rings is 2. The lowest BCUT2D eigenvalue weighted by atomic mass is 9.98. The maximum atomic E-state index is 14.2. The molecule has 116 heavy (non-hydrogen) atoms. The third-order valence-corrected chi connectivity index (χ3v) is 17.3. The van der Waals surface area contributed by atoms with Crippen molar-refractivity contribution >= 4 is 83.4 Å². The SMILES string of the molecule is CCCCOC(=O)CCC(NC(=O)CCC(NC(=O)COCCOCCNC(=O)C(CCCCNC(=O)OCC1c2ccccc2-c2ccccc21)NC(=O)CCC(=O)NC(CCC(=O)OC(C)(C)C)C(=O)NCCOCCOCCNC(=O)OC(C)(C)C)C(=O)NC(CCC(=O)OCCCC)C(=O)OCCCC)C(=O)OCCCC. The molecule has 0 saturated carbocycles. The normalized spacial score (nSPS) is 12.9. The number of hydrogen-bond acceptors (Lipinski definition) is 25. The highest BCUT2D eigenvalue weighted by atomic mass is 16.6. The van der Waals surface area contributed by atoms with Crippen molar-refractivity contribution in [3.05, 3.63) is 59.7 Å². The van der Waals surface area contributed by atoms with Crippen LogP contribution in [0.2, 0.25) is 0 Å². The minimum absolute atomic E-state index is 0.0238. The van der Waals surface area contributed by atoms with Crippen LogP contribution in [0.4, 0.5) is 9.59 Å². The van der Waals surface area contributed by atoms with Gasteiger partial charge in [-0.3, -0.25) is 47.9 Å². The lowest BCUT2D eigenvalue weighted by Gasteiger charge is -2.23. The van der Waals surface area contributed by atoms with Crippen LogP contribution in [0.1, 0.15) is 221 Å². The molecule has 3 rings (SSSR count). The molecule has 0 heterocycles. The van der Waals surface area contributed by atoms with Crippen molar-refractivity contribution in [2.24, 2.45) is 0 Å². The van der Waals surface area contributed by atoms with Gasteiger partial charge in [-0.2, -0.15) is 0 Å². The first-order valence-corrected chi connectivity index (χ1v) is 40.7. The molecule has 9 amide bonds. The number of ether oxygens (including phenoxy) is 11. The number of carbonyl (C=O) groups is 14. The van der Waals surface area contributed by atoms with E-state index in [4.69, 9.17) is 52.1 Å². The lowest BCUT2D eigenvalue weighted by molar-refractivity contribution is -0.155. The predicted octanol–water partition coefficient (Wildman–Crippen LogP) is 6.56. The Bertz CT molecular complexity index is 3320. The molecule has 9 N–H and O–H groups in total. The van der Waals surface area contributed by atoms with Crippen LogP contribution in [0.25, 0.3) is 11.1 Å². The standard InChI is InChI=1S/C82H129N9O25/c1-11-15-44-110-71(96)37-32-65(77(102)112-46-17-13-3)90-67(92)34-30-64(76(101)91-66(78(103)113-47-18-14-4)33-38-72(97)111-45-16-12-2)89-70(95)56-109-54-53-107-49-41-83-74(99)62(29-23-24-40-85-79(104)114-55-61-59-27-21-19-25-57(59)58-26-20-22-28-60(58)61)87-68(93)35-36-69(94)88-63(31-39-73(98)115-81(5,6)7)75(100)84-42-48-106-51-52-108-50-43-86-80(105)116-82(8,9)10/h19-22,25-28,61-66H,11-18,23-24,29-56H2,1-10H3,(H,83,99)(H,84,100)(H,85,104)(H,86,105)(H,87,93)(H,88,94)(H,89,95)(H,90,92)(H,91,101). The highest BCUT2D eigenvalue weighted by molar-refractivity contribution is 5.93. The largest absolute Gasteiger partial charge is 0.466 e. The maximum Gasteiger partial charge on any atom is 0.407 e. The summed E-state index contributed by atoms with van der Waals surface area (Å²) in [5.41, 5.74) is 2.77. The van der Waals surface area contributed by atoms with Gasteiger partial charge in [0.1, 0.15) is 54.6 Å². The van der Waals surface area contributed by atoms with E-state index in [9.17, 15) is 67.1 Å². The summed E-state index contributed by atoms with van der Waals surface area (Å²) in [6.07, 6.45) is 1.85. The van der Waals surface area contributed by atoms with Crippen LogP contribution in [-0.2, 0) is 110 Å². The summed E-state index contributed by atoms with van der Waals surface area (Å²) in [6, 6.07) is 9.35. The van der Waals surface area contributed by atoms with E-state index >= 15 is 0 Å². The number of rotatable bonds is 61. The molecule has 0 aromatic heterocycles. The van der Waals surface area contributed by atoms with Crippen LogP contribution in [0.5, 0.6) is 0 Å². The molecule has 0 spiro atoms. The molecule has 2 aromatic carbocycles. The predicted molar refractivity (Wildman–Crippen MR) is 426 cm³/mol. The summed E-state index contributed by atoms with van der Waals surface area (Å²) in [5.74, 6) is -8.73. The molecule has 0 bridgehead atoms. The Morgan fingerprint density at radius 1 is 0.336 bits per heavy atom. The zero-order valence-corrected chi connectivity index (χ0v) is 69.7. The van der Waals surface area contributed by atoms with Crippen molar-refractivity contribution in [3.63, 3.8) is 0 Å². The van der Waals surface area contributed by atoms with Crippen molar-refractivity contribution < 1.29 is 119 Å². The molecule has 1 aliphatic rings. The minimum Gasteiger partial charge on any atom is -0.466 e. The van der Waals surface area contributed by atoms with Crippen molar-refractivity contribution in [1.29, 1.82) is 0 Å². The van der Waals surface area contributed by atoms with E-state index in [1.165, 1.54) is 0 Å². The van der Waals surface area contributed by atoms with Gasteiger partial charge in [-0.25, -0.2) is 19.2 Å². The van der Waals surface area contributed by atoms with Gasteiger partial charge in [0.2, 0.25) is 41.4 Å². The number of alkyl carbamates (subject to hydrolysis) is 2. The highest BCUT2D eigenvalue weighted by Crippen LogP contribution is 2.44. The second-order valence-electron chi connectivity index (χ2n) is 29.6. The fraction of sp³-hybridized carbons (Fsp3) is 0.683. The van der Waals surface area contributed by atoms with Crippen LogP contribution >= 0.6 is 0 Å². The summed E-state index contributed by atoms with van der Waals surface area (Å²) in [6.45, 7) is 18.4. The summed E-state index contributed by atoms with van der Waals surface area (Å²) in [7, 11) is 0. The van der Waals surface area contributed by atoms with E-state index in [2.05, 4.69) is 47.9 Å². The van der Waals surface area contributed by atoms with E-state index in [1.807, 2.05) is 76.2 Å². The Morgan fingerprint density at radius 2 is 0.724 bits per heavy atom. The molecule has 0 radical (unpaired) electrons. The van der Waals surface area contributed by atoms with E-state index in [-0.39, 0.29) is 163 Å². The molecule has 34 nitrogen and oxygen atoms in total. The zero-order chi connectivity index (χ0) is 85.5. The molecule has 0 saturated heterocycles. The third-order valence-electron chi connectivity index (χ3n) is 17.3.